The molecule has 1 N–H and O–H groups in total. The van der Waals surface area contributed by atoms with Gasteiger partial charge in [0.05, 0.1) is 4.88 Å². The van der Waals surface area contributed by atoms with Crippen LogP contribution in [0.5, 0.6) is 0 Å². The van der Waals surface area contributed by atoms with Gasteiger partial charge < -0.3 is 5.32 Å². The number of thiophene rings is 1. The Morgan fingerprint density at radius 1 is 1.16 bits per heavy atom. The molecule has 126 valence electrons. The van der Waals surface area contributed by atoms with Gasteiger partial charge in [0.15, 0.2) is 0 Å². The molecule has 0 atom stereocenters. The Hall–Kier alpha value is -2.73. The Kier molecular flexibility index (Phi) is 4.19. The highest BCUT2D eigenvalue weighted by molar-refractivity contribution is 7.13. The van der Waals surface area contributed by atoms with Crippen molar-refractivity contribution in [3.8, 4) is 10.6 Å². The highest BCUT2D eigenvalue weighted by atomic mass is 32.1. The van der Waals surface area contributed by atoms with Gasteiger partial charge >= 0.3 is 0 Å². The topological polar surface area (TPSA) is 64.0 Å². The van der Waals surface area contributed by atoms with Crippen molar-refractivity contribution in [1.82, 2.24) is 9.78 Å². The number of aromatic nitrogens is 2. The average Bonchev–Trinajstić information content (AvgIpc) is 3.27. The summed E-state index contributed by atoms with van der Waals surface area (Å²) in [6, 6.07) is 13.0. The molecule has 0 spiro atoms. The number of rotatable bonds is 4. The summed E-state index contributed by atoms with van der Waals surface area (Å²) in [5, 5.41) is 9.12. The van der Waals surface area contributed by atoms with E-state index in [1.807, 2.05) is 29.6 Å². The first kappa shape index (κ1) is 15.8. The number of nitrogens with one attached hydrogen (secondary N) is 1. The second-order valence-corrected chi connectivity index (χ2v) is 7.02. The number of benzene rings is 1. The van der Waals surface area contributed by atoms with Gasteiger partial charge in [0.25, 0.3) is 5.56 Å². The van der Waals surface area contributed by atoms with Gasteiger partial charge in [0.1, 0.15) is 12.2 Å². The fraction of sp³-hybridized carbons (Fsp3) is 0.211. The fourth-order valence-electron chi connectivity index (χ4n) is 3.10. The second-order valence-electron chi connectivity index (χ2n) is 6.08. The van der Waals surface area contributed by atoms with Gasteiger partial charge in [-0.3, -0.25) is 9.59 Å². The largest absolute Gasteiger partial charge is 0.324 e. The Labute approximate surface area is 148 Å². The summed E-state index contributed by atoms with van der Waals surface area (Å²) >= 11 is 1.54. The van der Waals surface area contributed by atoms with Crippen molar-refractivity contribution in [2.24, 2.45) is 0 Å². The van der Waals surface area contributed by atoms with Crippen LogP contribution in [0.1, 0.15) is 17.5 Å². The van der Waals surface area contributed by atoms with E-state index in [-0.39, 0.29) is 18.0 Å². The molecule has 1 aliphatic rings. The van der Waals surface area contributed by atoms with Crippen LogP contribution in [0, 0.1) is 0 Å². The molecule has 0 fully saturated rings. The van der Waals surface area contributed by atoms with Crippen LogP contribution in [0.25, 0.3) is 10.6 Å². The van der Waals surface area contributed by atoms with Crippen molar-refractivity contribution in [3.05, 3.63) is 69.3 Å². The van der Waals surface area contributed by atoms with Crippen LogP contribution in [0.15, 0.2) is 52.6 Å². The van der Waals surface area contributed by atoms with Crippen molar-refractivity contribution in [2.75, 3.05) is 5.32 Å². The monoisotopic (exact) mass is 351 g/mol. The first-order valence-corrected chi connectivity index (χ1v) is 9.11. The van der Waals surface area contributed by atoms with Crippen LogP contribution in [0.3, 0.4) is 0 Å². The van der Waals surface area contributed by atoms with Gasteiger partial charge in [-0.05, 0) is 60.0 Å². The minimum Gasteiger partial charge on any atom is -0.324 e. The van der Waals surface area contributed by atoms with Crippen molar-refractivity contribution >= 4 is 22.9 Å². The zero-order chi connectivity index (χ0) is 17.2. The number of hydrogen-bond donors (Lipinski definition) is 1. The van der Waals surface area contributed by atoms with Gasteiger partial charge in [-0.25, -0.2) is 4.68 Å². The number of amides is 1. The third-order valence-corrected chi connectivity index (χ3v) is 5.21. The minimum absolute atomic E-state index is 0.102. The quantitative estimate of drug-likeness (QED) is 0.785. The maximum atomic E-state index is 12.3. The lowest BCUT2D eigenvalue weighted by molar-refractivity contribution is -0.117. The highest BCUT2D eigenvalue weighted by Gasteiger charge is 2.13. The molecule has 0 saturated heterocycles. The first-order chi connectivity index (χ1) is 12.2. The number of aryl methyl sites for hydroxylation is 2. The molecule has 25 heavy (non-hydrogen) atoms. The summed E-state index contributed by atoms with van der Waals surface area (Å²) in [5.41, 5.74) is 3.84. The van der Waals surface area contributed by atoms with Gasteiger partial charge in [-0.15, -0.1) is 11.3 Å². The van der Waals surface area contributed by atoms with Crippen LogP contribution < -0.4 is 10.9 Å². The van der Waals surface area contributed by atoms with E-state index in [1.54, 1.807) is 17.4 Å². The van der Waals surface area contributed by atoms with E-state index >= 15 is 0 Å². The molecule has 4 rings (SSSR count). The van der Waals surface area contributed by atoms with Gasteiger partial charge in [0, 0.05) is 11.8 Å². The van der Waals surface area contributed by atoms with Gasteiger partial charge in [-0.2, -0.15) is 5.10 Å². The minimum atomic E-state index is -0.288. The van der Waals surface area contributed by atoms with E-state index in [0.29, 0.717) is 5.69 Å². The van der Waals surface area contributed by atoms with Gasteiger partial charge in [-0.1, -0.05) is 12.1 Å². The summed E-state index contributed by atoms with van der Waals surface area (Å²) in [4.78, 5) is 25.3. The lowest BCUT2D eigenvalue weighted by Crippen LogP contribution is -2.29. The molecule has 2 heterocycles. The lowest BCUT2D eigenvalue weighted by atomic mass is 10.1. The van der Waals surface area contributed by atoms with Crippen molar-refractivity contribution in [1.29, 1.82) is 0 Å². The number of carbonyl (C=O) groups excluding carboxylic acids is 1. The van der Waals surface area contributed by atoms with Crippen LogP contribution in [-0.2, 0) is 24.2 Å². The Morgan fingerprint density at radius 2 is 2.04 bits per heavy atom. The summed E-state index contributed by atoms with van der Waals surface area (Å²) in [7, 11) is 0. The molecule has 1 aliphatic carbocycles. The fourth-order valence-corrected chi connectivity index (χ4v) is 3.79. The Balaban J connectivity index is 1.51. The van der Waals surface area contributed by atoms with Crippen LogP contribution in [0.2, 0.25) is 0 Å². The standard InChI is InChI=1S/C19H17N3O2S/c23-18(20-15-7-6-13-3-1-4-14(13)11-15)12-22-19(24)9-8-16(21-22)17-5-2-10-25-17/h2,5-11H,1,3-4,12H2,(H,20,23). The molecule has 1 aromatic carbocycles. The van der Waals surface area contributed by atoms with Crippen molar-refractivity contribution < 1.29 is 4.79 Å². The molecule has 0 unspecified atom stereocenters. The van der Waals surface area contributed by atoms with Crippen LogP contribution in [0.4, 0.5) is 5.69 Å². The number of hydrogen-bond acceptors (Lipinski definition) is 4. The van der Waals surface area contributed by atoms with Crippen LogP contribution >= 0.6 is 11.3 Å². The third-order valence-electron chi connectivity index (χ3n) is 4.32. The number of fused-ring (bicyclic) bond motifs is 1. The van der Waals surface area contributed by atoms with Crippen LogP contribution in [-0.4, -0.2) is 15.7 Å². The molecule has 1 amide bonds. The maximum absolute atomic E-state index is 12.3. The third kappa shape index (κ3) is 3.39. The maximum Gasteiger partial charge on any atom is 0.267 e. The Morgan fingerprint density at radius 3 is 2.88 bits per heavy atom. The molecule has 0 saturated carbocycles. The second kappa shape index (κ2) is 6.64. The summed E-state index contributed by atoms with van der Waals surface area (Å²) in [6.07, 6.45) is 3.34. The first-order valence-electron chi connectivity index (χ1n) is 8.23. The smallest absolute Gasteiger partial charge is 0.267 e. The molecule has 0 radical (unpaired) electrons. The summed E-state index contributed by atoms with van der Waals surface area (Å²) < 4.78 is 1.21. The van der Waals surface area contributed by atoms with E-state index in [9.17, 15) is 9.59 Å². The van der Waals surface area contributed by atoms with E-state index in [2.05, 4.69) is 16.5 Å². The molecule has 2 aromatic heterocycles. The SMILES string of the molecule is O=C(Cn1nc(-c2cccs2)ccc1=O)Nc1ccc2c(c1)CCC2. The summed E-state index contributed by atoms with van der Waals surface area (Å²) in [5.74, 6) is -0.254. The van der Waals surface area contributed by atoms with E-state index < -0.39 is 0 Å². The average molecular weight is 351 g/mol. The molecular weight excluding hydrogens is 334 g/mol. The zero-order valence-electron chi connectivity index (χ0n) is 13.6. The van der Waals surface area contributed by atoms with E-state index in [0.717, 1.165) is 23.4 Å². The highest BCUT2D eigenvalue weighted by Crippen LogP contribution is 2.25. The number of anilines is 1. The summed E-state index contributed by atoms with van der Waals surface area (Å²) in [6.45, 7) is -0.102. The number of nitrogens with zero attached hydrogens (tertiary/aromatic N) is 2. The lowest BCUT2D eigenvalue weighted by Gasteiger charge is -2.09. The molecule has 6 heteroatoms. The molecule has 0 bridgehead atoms. The van der Waals surface area contributed by atoms with Gasteiger partial charge in [0.2, 0.25) is 5.91 Å². The predicted molar refractivity (Wildman–Crippen MR) is 98.9 cm³/mol. The van der Waals surface area contributed by atoms with Crippen molar-refractivity contribution in [2.45, 2.75) is 25.8 Å². The normalized spacial score (nSPS) is 12.8. The molecule has 3 aromatic rings. The molecular formula is C19H17N3O2S. The van der Waals surface area contributed by atoms with Crippen molar-refractivity contribution in [3.63, 3.8) is 0 Å². The van der Waals surface area contributed by atoms with E-state index in [4.69, 9.17) is 0 Å². The molecule has 5 nitrogen and oxygen atoms in total. The molecule has 0 aliphatic heterocycles. The van der Waals surface area contributed by atoms with E-state index in [1.165, 1.54) is 28.3 Å². The predicted octanol–water partition coefficient (Wildman–Crippen LogP) is 3.10. The Bertz CT molecular complexity index is 977. The zero-order valence-corrected chi connectivity index (χ0v) is 14.4. The number of carbonyl (C=O) groups is 1.